The SMILES string of the molecule is CNCCC[C@H](NC)C(=O)N(C)[C@@H](Cc1cc(-c2ccc(OCc3ccccc3)c(C[C@H](NC)C(=O)O)c2)ccc1F)C(=O)OC. The molecular formula is C35H45FN4O6. The van der Waals surface area contributed by atoms with E-state index in [1.165, 1.54) is 25.1 Å². The van der Waals surface area contributed by atoms with Crippen LogP contribution in [0.2, 0.25) is 0 Å². The Labute approximate surface area is 270 Å². The van der Waals surface area contributed by atoms with E-state index in [1.54, 1.807) is 32.3 Å². The Morgan fingerprint density at radius 1 is 0.891 bits per heavy atom. The third-order valence-corrected chi connectivity index (χ3v) is 8.02. The number of benzene rings is 3. The van der Waals surface area contributed by atoms with E-state index in [4.69, 9.17) is 9.47 Å². The van der Waals surface area contributed by atoms with Gasteiger partial charge in [-0.25, -0.2) is 9.18 Å². The maximum atomic E-state index is 15.3. The zero-order chi connectivity index (χ0) is 33.6. The number of ether oxygens (including phenoxy) is 2. The van der Waals surface area contributed by atoms with Gasteiger partial charge in [0.1, 0.15) is 30.3 Å². The second-order valence-electron chi connectivity index (χ2n) is 11.1. The van der Waals surface area contributed by atoms with E-state index in [-0.39, 0.29) is 24.3 Å². The van der Waals surface area contributed by atoms with E-state index in [1.807, 2.05) is 49.5 Å². The fourth-order valence-corrected chi connectivity index (χ4v) is 5.23. The molecule has 3 aromatic carbocycles. The molecule has 0 aliphatic rings. The van der Waals surface area contributed by atoms with Crippen LogP contribution in [-0.2, 0) is 38.6 Å². The number of nitrogens with one attached hydrogen (secondary N) is 3. The quantitative estimate of drug-likeness (QED) is 0.123. The van der Waals surface area contributed by atoms with Crippen molar-refractivity contribution in [1.29, 1.82) is 0 Å². The molecule has 0 aliphatic heterocycles. The van der Waals surface area contributed by atoms with Crippen LogP contribution in [0.1, 0.15) is 29.5 Å². The highest BCUT2D eigenvalue weighted by Crippen LogP contribution is 2.30. The molecule has 46 heavy (non-hydrogen) atoms. The smallest absolute Gasteiger partial charge is 0.328 e. The Kier molecular flexibility index (Phi) is 14.1. The van der Waals surface area contributed by atoms with Crippen molar-refractivity contribution in [1.82, 2.24) is 20.9 Å². The van der Waals surface area contributed by atoms with Gasteiger partial charge in [0.25, 0.3) is 0 Å². The van der Waals surface area contributed by atoms with Crippen LogP contribution in [0, 0.1) is 5.82 Å². The lowest BCUT2D eigenvalue weighted by Gasteiger charge is -2.30. The van der Waals surface area contributed by atoms with E-state index in [0.29, 0.717) is 35.5 Å². The van der Waals surface area contributed by atoms with E-state index in [9.17, 15) is 19.5 Å². The second kappa shape index (κ2) is 18.0. The summed E-state index contributed by atoms with van der Waals surface area (Å²) >= 11 is 0. The van der Waals surface area contributed by atoms with Crippen LogP contribution < -0.4 is 20.7 Å². The average Bonchev–Trinajstić information content (AvgIpc) is 3.07. The van der Waals surface area contributed by atoms with Gasteiger partial charge in [-0.05, 0) is 92.6 Å². The Morgan fingerprint density at radius 2 is 1.54 bits per heavy atom. The van der Waals surface area contributed by atoms with Crippen LogP contribution >= 0.6 is 0 Å². The summed E-state index contributed by atoms with van der Waals surface area (Å²) in [5, 5.41) is 18.6. The maximum absolute atomic E-state index is 15.3. The summed E-state index contributed by atoms with van der Waals surface area (Å²) in [5.74, 6) is -1.93. The zero-order valence-electron chi connectivity index (χ0n) is 27.1. The Morgan fingerprint density at radius 3 is 2.15 bits per heavy atom. The number of hydrogen-bond acceptors (Lipinski definition) is 8. The predicted octanol–water partition coefficient (Wildman–Crippen LogP) is 3.42. The standard InChI is InChI=1S/C35H45FN4O6/c1-37-17-9-12-29(38-2)33(41)40(4)31(35(44)45-5)21-26-18-24(13-15-28(26)36)25-14-16-32(46-22-23-10-7-6-8-11-23)27(19-25)20-30(39-3)34(42)43/h6-8,10-11,13-16,18-19,29-31,37-39H,9,12,17,20-22H2,1-5H3,(H,42,43)/t29-,30-,31-/m0/s1. The monoisotopic (exact) mass is 636 g/mol. The minimum Gasteiger partial charge on any atom is -0.489 e. The van der Waals surface area contributed by atoms with Gasteiger partial charge in [-0.3, -0.25) is 9.59 Å². The van der Waals surface area contributed by atoms with Crippen molar-refractivity contribution in [3.05, 3.63) is 89.2 Å². The number of amides is 1. The molecule has 0 saturated carbocycles. The molecule has 3 atom stereocenters. The summed E-state index contributed by atoms with van der Waals surface area (Å²) < 4.78 is 26.4. The topological polar surface area (TPSA) is 129 Å². The summed E-state index contributed by atoms with van der Waals surface area (Å²) in [5.41, 5.74) is 3.22. The van der Waals surface area contributed by atoms with Crippen molar-refractivity contribution in [2.75, 3.05) is 41.8 Å². The van der Waals surface area contributed by atoms with Crippen molar-refractivity contribution in [3.63, 3.8) is 0 Å². The largest absolute Gasteiger partial charge is 0.489 e. The molecule has 0 heterocycles. The summed E-state index contributed by atoms with van der Waals surface area (Å²) in [6, 6.07) is 17.2. The van der Waals surface area contributed by atoms with Crippen LogP contribution in [0.3, 0.4) is 0 Å². The summed E-state index contributed by atoms with van der Waals surface area (Å²) in [7, 11) is 7.87. The van der Waals surface area contributed by atoms with Gasteiger partial charge >= 0.3 is 11.9 Å². The molecule has 248 valence electrons. The lowest BCUT2D eigenvalue weighted by atomic mass is 9.95. The Bertz CT molecular complexity index is 1450. The van der Waals surface area contributed by atoms with Crippen molar-refractivity contribution < 1.29 is 33.4 Å². The number of aliphatic carboxylic acids is 1. The van der Waals surface area contributed by atoms with E-state index in [2.05, 4.69) is 16.0 Å². The molecule has 4 N–H and O–H groups in total. The molecule has 0 spiro atoms. The number of halogens is 1. The first-order chi connectivity index (χ1) is 22.1. The molecule has 0 unspecified atom stereocenters. The maximum Gasteiger partial charge on any atom is 0.328 e. The van der Waals surface area contributed by atoms with Crippen molar-refractivity contribution in [2.24, 2.45) is 0 Å². The molecule has 11 heteroatoms. The molecule has 1 amide bonds. The van der Waals surface area contributed by atoms with Gasteiger partial charge in [0.05, 0.1) is 13.2 Å². The van der Waals surface area contributed by atoms with Crippen molar-refractivity contribution >= 4 is 17.8 Å². The van der Waals surface area contributed by atoms with Crippen LogP contribution in [-0.4, -0.2) is 87.8 Å². The van der Waals surface area contributed by atoms with Gasteiger partial charge in [0, 0.05) is 19.9 Å². The summed E-state index contributed by atoms with van der Waals surface area (Å²) in [6.07, 6.45) is 1.35. The number of likely N-dealkylation sites (N-methyl/N-ethyl adjacent to an activating group) is 3. The van der Waals surface area contributed by atoms with Gasteiger partial charge in [-0.15, -0.1) is 0 Å². The third kappa shape index (κ3) is 9.84. The second-order valence-corrected chi connectivity index (χ2v) is 11.1. The highest BCUT2D eigenvalue weighted by molar-refractivity contribution is 5.87. The van der Waals surface area contributed by atoms with Crippen LogP contribution in [0.4, 0.5) is 4.39 Å². The first-order valence-corrected chi connectivity index (χ1v) is 15.3. The van der Waals surface area contributed by atoms with Gasteiger partial charge in [-0.2, -0.15) is 0 Å². The molecule has 0 aliphatic carbocycles. The van der Waals surface area contributed by atoms with Gasteiger partial charge < -0.3 is 35.4 Å². The van der Waals surface area contributed by atoms with Crippen molar-refractivity contribution in [2.45, 2.75) is 50.4 Å². The molecule has 0 fully saturated rings. The highest BCUT2D eigenvalue weighted by Gasteiger charge is 2.32. The number of carbonyl (C=O) groups is 3. The molecule has 0 aromatic heterocycles. The Hall–Kier alpha value is -4.32. The van der Waals surface area contributed by atoms with Crippen LogP contribution in [0.5, 0.6) is 5.75 Å². The number of carbonyl (C=O) groups excluding carboxylic acids is 2. The molecule has 3 rings (SSSR count). The van der Waals surface area contributed by atoms with Gasteiger partial charge in [0.2, 0.25) is 5.91 Å². The zero-order valence-corrected chi connectivity index (χ0v) is 27.1. The molecule has 3 aromatic rings. The molecule has 0 radical (unpaired) electrons. The number of methoxy groups -OCH3 is 1. The molecular weight excluding hydrogens is 591 g/mol. The number of carboxylic acid groups (broad SMARTS) is 1. The average molecular weight is 637 g/mol. The van der Waals surface area contributed by atoms with Crippen LogP contribution in [0.25, 0.3) is 11.1 Å². The normalized spacial score (nSPS) is 13.0. The number of esters is 1. The predicted molar refractivity (Wildman–Crippen MR) is 175 cm³/mol. The molecule has 0 bridgehead atoms. The van der Waals surface area contributed by atoms with E-state index in [0.717, 1.165) is 18.5 Å². The lowest BCUT2D eigenvalue weighted by molar-refractivity contribution is -0.152. The molecule has 10 nitrogen and oxygen atoms in total. The number of hydrogen-bond donors (Lipinski definition) is 4. The lowest BCUT2D eigenvalue weighted by Crippen LogP contribution is -2.51. The third-order valence-electron chi connectivity index (χ3n) is 8.02. The Balaban J connectivity index is 1.93. The van der Waals surface area contributed by atoms with Crippen molar-refractivity contribution in [3.8, 4) is 16.9 Å². The number of rotatable bonds is 18. The van der Waals surface area contributed by atoms with E-state index < -0.39 is 35.9 Å². The fraction of sp³-hybridized carbons (Fsp3) is 0.400. The highest BCUT2D eigenvalue weighted by atomic mass is 19.1. The minimum atomic E-state index is -1.06. The van der Waals surface area contributed by atoms with Gasteiger partial charge in [0.15, 0.2) is 0 Å². The van der Waals surface area contributed by atoms with Gasteiger partial charge in [-0.1, -0.05) is 42.5 Å². The minimum absolute atomic E-state index is 0.104. The summed E-state index contributed by atoms with van der Waals surface area (Å²) in [6.45, 7) is 1.04. The summed E-state index contributed by atoms with van der Waals surface area (Å²) in [4.78, 5) is 39.4. The first kappa shape index (κ1) is 36.2. The van der Waals surface area contributed by atoms with Crippen LogP contribution in [0.15, 0.2) is 66.7 Å². The van der Waals surface area contributed by atoms with E-state index >= 15 is 4.39 Å². The molecule has 0 saturated heterocycles. The fourth-order valence-electron chi connectivity index (χ4n) is 5.23. The first-order valence-electron chi connectivity index (χ1n) is 15.3. The number of carboxylic acids is 1. The number of nitrogens with zero attached hydrogens (tertiary/aromatic N) is 1.